The van der Waals surface area contributed by atoms with E-state index in [1.54, 1.807) is 48.3 Å². The van der Waals surface area contributed by atoms with Crippen molar-refractivity contribution >= 4 is 22.1 Å². The van der Waals surface area contributed by atoms with Gasteiger partial charge in [0.1, 0.15) is 23.6 Å². The summed E-state index contributed by atoms with van der Waals surface area (Å²) in [5, 5.41) is 18.9. The third kappa shape index (κ3) is 5.03. The van der Waals surface area contributed by atoms with Gasteiger partial charge in [-0.1, -0.05) is 11.6 Å². The lowest BCUT2D eigenvalue weighted by Crippen LogP contribution is -2.50. The van der Waals surface area contributed by atoms with E-state index in [1.165, 1.54) is 41.7 Å². The van der Waals surface area contributed by atoms with Crippen LogP contribution in [0.15, 0.2) is 65.7 Å². The number of rotatable bonds is 9. The number of hydrogen-bond donors (Lipinski definition) is 1. The molecule has 14 heteroatoms. The van der Waals surface area contributed by atoms with Crippen LogP contribution in [0.1, 0.15) is 36.1 Å². The molecular weight excluding hydrogens is 591 g/mol. The number of halogens is 1. The van der Waals surface area contributed by atoms with Crippen LogP contribution in [0.5, 0.6) is 11.5 Å². The maximum absolute atomic E-state index is 14.1. The monoisotopic (exact) mass is 622 g/mol. The molecule has 0 radical (unpaired) electrons. The number of benzene rings is 2. The van der Waals surface area contributed by atoms with Gasteiger partial charge in [-0.3, -0.25) is 9.48 Å². The summed E-state index contributed by atoms with van der Waals surface area (Å²) in [6.07, 6.45) is 5.63. The lowest BCUT2D eigenvalue weighted by Gasteiger charge is -2.44. The Morgan fingerprint density at radius 1 is 1.18 bits per heavy atom. The fourth-order valence-corrected chi connectivity index (χ4v) is 7.71. The fraction of sp³-hybridized carbons (Fsp3) is 0.333. The quantitative estimate of drug-likeness (QED) is 0.296. The van der Waals surface area contributed by atoms with Crippen molar-refractivity contribution in [3.63, 3.8) is 0 Å². The van der Waals surface area contributed by atoms with Gasteiger partial charge < -0.3 is 14.6 Å². The number of hydrogen-bond acceptors (Lipinski definition) is 8. The molecule has 2 heterocycles. The molecule has 0 amide bonds. The van der Waals surface area contributed by atoms with Crippen LogP contribution in [-0.2, 0) is 34.8 Å². The zero-order chi connectivity index (χ0) is 31.2. The third-order valence-corrected chi connectivity index (χ3v) is 10.2. The molecular formula is C30H31FN6O6S. The standard InChI is InChI=1S/C30H31FN6O6S/c1-35-18-32-29(34-35)44(40,41)36(17-19-4-11-25(42-2)13-27(19)43-3)24-8-5-21-12-26-20(14-30(21,15-24)28(38)39)16-33-37(26)23-9-6-22(31)7-10-23/h4,6-7,9-13,16,18,24H,5,8,14-15,17H2,1-3H3,(H,38,39)/t24-,30-/m0/s1. The van der Waals surface area contributed by atoms with E-state index in [2.05, 4.69) is 15.2 Å². The average molecular weight is 623 g/mol. The fourth-order valence-electron chi connectivity index (χ4n) is 6.20. The summed E-state index contributed by atoms with van der Waals surface area (Å²) in [4.78, 5) is 17.1. The van der Waals surface area contributed by atoms with E-state index in [0.717, 1.165) is 5.69 Å². The number of carboxylic acid groups (broad SMARTS) is 1. The molecule has 4 aromatic rings. The van der Waals surface area contributed by atoms with Crippen molar-refractivity contribution in [2.45, 2.75) is 43.4 Å². The Hall–Kier alpha value is -4.56. The highest BCUT2D eigenvalue weighted by Gasteiger charge is 2.52. The van der Waals surface area contributed by atoms with Crippen LogP contribution in [0.4, 0.5) is 4.39 Å². The summed E-state index contributed by atoms with van der Waals surface area (Å²) < 4.78 is 56.9. The number of aliphatic carboxylic acids is 1. The van der Waals surface area contributed by atoms with E-state index < -0.39 is 27.4 Å². The van der Waals surface area contributed by atoms with Gasteiger partial charge in [0.25, 0.3) is 15.2 Å². The van der Waals surface area contributed by atoms with E-state index in [1.807, 2.05) is 6.08 Å². The maximum atomic E-state index is 14.1. The number of fused-ring (bicyclic) bond motifs is 2. The molecule has 6 rings (SSSR count). The first kappa shape index (κ1) is 29.5. The van der Waals surface area contributed by atoms with Crippen LogP contribution in [0.3, 0.4) is 0 Å². The summed E-state index contributed by atoms with van der Waals surface area (Å²) in [6.45, 7) is -0.0963. The molecule has 2 aliphatic rings. The normalized spacial score (nSPS) is 19.7. The second-order valence-corrected chi connectivity index (χ2v) is 12.8. The highest BCUT2D eigenvalue weighted by atomic mass is 32.2. The molecule has 44 heavy (non-hydrogen) atoms. The SMILES string of the molecule is COc1ccc(CN([C@H]2CCC3=Cc4c(cnn4-c4ccc(F)cc4)C[C@]3(C(=O)O)C2)S(=O)(=O)c2ncn(C)n2)c(OC)c1. The van der Waals surface area contributed by atoms with Gasteiger partial charge in [0, 0.05) is 31.3 Å². The van der Waals surface area contributed by atoms with Crippen LogP contribution in [0, 0.1) is 11.2 Å². The molecule has 0 bridgehead atoms. The Bertz CT molecular complexity index is 1870. The van der Waals surface area contributed by atoms with E-state index in [0.29, 0.717) is 46.7 Å². The van der Waals surface area contributed by atoms with Crippen molar-refractivity contribution in [1.82, 2.24) is 28.9 Å². The number of aryl methyl sites for hydroxylation is 1. The zero-order valence-electron chi connectivity index (χ0n) is 24.3. The number of carboxylic acids is 1. The lowest BCUT2D eigenvalue weighted by molar-refractivity contribution is -0.148. The number of aromatic nitrogens is 5. The first-order valence-electron chi connectivity index (χ1n) is 13.9. The molecule has 1 saturated carbocycles. The van der Waals surface area contributed by atoms with Crippen molar-refractivity contribution in [1.29, 1.82) is 0 Å². The smallest absolute Gasteiger partial charge is 0.314 e. The topological polar surface area (TPSA) is 142 Å². The van der Waals surface area contributed by atoms with Crippen LogP contribution in [-0.4, -0.2) is 68.6 Å². The van der Waals surface area contributed by atoms with Gasteiger partial charge in [-0.2, -0.15) is 9.40 Å². The minimum Gasteiger partial charge on any atom is -0.497 e. The summed E-state index contributed by atoms with van der Waals surface area (Å²) in [6, 6.07) is 10.3. The number of ether oxygens (including phenoxy) is 2. The third-order valence-electron chi connectivity index (χ3n) is 8.46. The van der Waals surface area contributed by atoms with Crippen molar-refractivity contribution in [2.24, 2.45) is 12.5 Å². The van der Waals surface area contributed by atoms with E-state index in [4.69, 9.17) is 9.47 Å². The molecule has 0 unspecified atom stereocenters. The minimum atomic E-state index is -4.26. The molecule has 230 valence electrons. The number of carbonyl (C=O) groups is 1. The number of sulfonamides is 1. The Kier molecular flexibility index (Phi) is 7.49. The molecule has 1 N–H and O–H groups in total. The van der Waals surface area contributed by atoms with Gasteiger partial charge in [-0.25, -0.2) is 22.5 Å². The molecule has 2 aromatic heterocycles. The Labute approximate surface area is 253 Å². The van der Waals surface area contributed by atoms with Gasteiger partial charge in [-0.15, -0.1) is 5.10 Å². The number of nitrogens with zero attached hydrogens (tertiary/aromatic N) is 6. The van der Waals surface area contributed by atoms with Crippen molar-refractivity contribution in [3.8, 4) is 17.2 Å². The van der Waals surface area contributed by atoms with Crippen molar-refractivity contribution < 1.29 is 32.2 Å². The molecule has 2 aliphatic carbocycles. The summed E-state index contributed by atoms with van der Waals surface area (Å²) in [5.74, 6) is -0.436. The summed E-state index contributed by atoms with van der Waals surface area (Å²) in [7, 11) is 0.324. The van der Waals surface area contributed by atoms with Crippen LogP contribution < -0.4 is 9.47 Å². The van der Waals surface area contributed by atoms with Gasteiger partial charge in [0.05, 0.1) is 37.2 Å². The van der Waals surface area contributed by atoms with E-state index in [-0.39, 0.29) is 30.4 Å². The lowest BCUT2D eigenvalue weighted by atomic mass is 9.63. The van der Waals surface area contributed by atoms with E-state index in [9.17, 15) is 22.7 Å². The Morgan fingerprint density at radius 3 is 2.61 bits per heavy atom. The van der Waals surface area contributed by atoms with Gasteiger partial charge in [-0.05, 0) is 67.7 Å². The van der Waals surface area contributed by atoms with Crippen molar-refractivity contribution in [3.05, 3.63) is 83.2 Å². The number of methoxy groups -OCH3 is 2. The van der Waals surface area contributed by atoms with Crippen LogP contribution >= 0.6 is 0 Å². The molecule has 12 nitrogen and oxygen atoms in total. The largest absolute Gasteiger partial charge is 0.497 e. The first-order chi connectivity index (χ1) is 21.1. The molecule has 2 aromatic carbocycles. The Morgan fingerprint density at radius 2 is 1.95 bits per heavy atom. The molecule has 1 fully saturated rings. The highest BCUT2D eigenvalue weighted by molar-refractivity contribution is 7.88. The van der Waals surface area contributed by atoms with Crippen LogP contribution in [0.2, 0.25) is 0 Å². The summed E-state index contributed by atoms with van der Waals surface area (Å²) in [5.41, 5.74) is 1.99. The van der Waals surface area contributed by atoms with Crippen molar-refractivity contribution in [2.75, 3.05) is 14.2 Å². The summed E-state index contributed by atoms with van der Waals surface area (Å²) >= 11 is 0. The van der Waals surface area contributed by atoms with Gasteiger partial charge >= 0.3 is 5.97 Å². The van der Waals surface area contributed by atoms with E-state index >= 15 is 0 Å². The molecule has 2 atom stereocenters. The molecule has 0 aliphatic heterocycles. The zero-order valence-corrected chi connectivity index (χ0v) is 25.2. The predicted molar refractivity (Wildman–Crippen MR) is 156 cm³/mol. The first-order valence-corrected chi connectivity index (χ1v) is 15.4. The second kappa shape index (κ2) is 11.2. The minimum absolute atomic E-state index is 0.0276. The van der Waals surface area contributed by atoms with Gasteiger partial charge in [0.15, 0.2) is 0 Å². The Balaban J connectivity index is 1.40. The van der Waals surface area contributed by atoms with Gasteiger partial charge in [0.2, 0.25) is 0 Å². The predicted octanol–water partition coefficient (Wildman–Crippen LogP) is 3.61. The average Bonchev–Trinajstić information content (AvgIpc) is 3.64. The second-order valence-electron chi connectivity index (χ2n) is 11.0. The molecule has 0 saturated heterocycles. The highest BCUT2D eigenvalue weighted by Crippen LogP contribution is 2.50. The van der Waals surface area contributed by atoms with Crippen LogP contribution in [0.25, 0.3) is 11.8 Å². The maximum Gasteiger partial charge on any atom is 0.314 e. The molecule has 0 spiro atoms.